The number of aromatic carboxylic acids is 1. The van der Waals surface area contributed by atoms with E-state index in [2.05, 4.69) is 16.0 Å². The number of hydrogen-bond acceptors (Lipinski definition) is 5. The number of carbonyl (C=O) groups is 4. The fourth-order valence-corrected chi connectivity index (χ4v) is 5.03. The van der Waals surface area contributed by atoms with Gasteiger partial charge in [0.15, 0.2) is 0 Å². The maximum absolute atomic E-state index is 13.4. The summed E-state index contributed by atoms with van der Waals surface area (Å²) in [4.78, 5) is 51.1. The van der Waals surface area contributed by atoms with Crippen LogP contribution in [-0.2, 0) is 9.59 Å². The summed E-state index contributed by atoms with van der Waals surface area (Å²) >= 11 is 13.1. The lowest BCUT2D eigenvalue weighted by Gasteiger charge is -2.14. The van der Waals surface area contributed by atoms with Gasteiger partial charge in [-0.15, -0.1) is 11.8 Å². The van der Waals surface area contributed by atoms with E-state index in [9.17, 15) is 24.3 Å². The van der Waals surface area contributed by atoms with Crippen LogP contribution in [0.25, 0.3) is 6.08 Å². The molecule has 0 aromatic heterocycles. The average Bonchev–Trinajstić information content (AvgIpc) is 2.99. The number of carboxylic acids is 1. The fraction of sp³-hybridized carbons (Fsp3) is 0.0625. The number of halogens is 2. The van der Waals surface area contributed by atoms with Gasteiger partial charge in [-0.05, 0) is 79.2 Å². The van der Waals surface area contributed by atoms with Crippen LogP contribution in [0.3, 0.4) is 0 Å². The van der Waals surface area contributed by atoms with Crippen LogP contribution in [0.4, 0.5) is 11.4 Å². The highest BCUT2D eigenvalue weighted by Crippen LogP contribution is 2.28. The second-order valence-corrected chi connectivity index (χ2v) is 11.4. The van der Waals surface area contributed by atoms with Gasteiger partial charge in [-0.2, -0.15) is 0 Å². The molecule has 0 aliphatic rings. The Bertz CT molecular complexity index is 1700. The third-order valence-corrected chi connectivity index (χ3v) is 7.62. The van der Waals surface area contributed by atoms with Crippen molar-refractivity contribution in [3.63, 3.8) is 0 Å². The van der Waals surface area contributed by atoms with Gasteiger partial charge in [-0.1, -0.05) is 59.6 Å². The van der Waals surface area contributed by atoms with E-state index in [0.717, 1.165) is 0 Å². The molecule has 4 aromatic rings. The number of hydrogen-bond donors (Lipinski definition) is 4. The molecule has 11 heteroatoms. The van der Waals surface area contributed by atoms with Crippen LogP contribution in [0.5, 0.6) is 0 Å². The fourth-order valence-electron chi connectivity index (χ4n) is 3.78. The normalized spacial score (nSPS) is 11.7. The molecule has 3 amide bonds. The van der Waals surface area contributed by atoms with Gasteiger partial charge < -0.3 is 21.1 Å². The van der Waals surface area contributed by atoms with Crippen LogP contribution >= 0.6 is 35.0 Å². The predicted octanol–water partition coefficient (Wildman–Crippen LogP) is 7.22. The lowest BCUT2D eigenvalue weighted by Crippen LogP contribution is -2.30. The number of carbonyl (C=O) groups excluding carboxylic acids is 3. The Kier molecular flexibility index (Phi) is 10.6. The van der Waals surface area contributed by atoms with E-state index in [1.165, 1.54) is 30.0 Å². The highest BCUT2D eigenvalue weighted by Gasteiger charge is 2.18. The topological polar surface area (TPSA) is 125 Å². The van der Waals surface area contributed by atoms with Gasteiger partial charge in [-0.3, -0.25) is 14.4 Å². The van der Waals surface area contributed by atoms with Crippen molar-refractivity contribution in [1.82, 2.24) is 5.32 Å². The van der Waals surface area contributed by atoms with Crippen LogP contribution in [0.2, 0.25) is 10.0 Å². The summed E-state index contributed by atoms with van der Waals surface area (Å²) in [5, 5.41) is 17.5. The van der Waals surface area contributed by atoms with Crippen molar-refractivity contribution in [3.8, 4) is 0 Å². The van der Waals surface area contributed by atoms with Gasteiger partial charge in [0.1, 0.15) is 5.70 Å². The van der Waals surface area contributed by atoms with Crippen molar-refractivity contribution in [2.45, 2.75) is 17.1 Å². The molecule has 0 saturated carbocycles. The first-order valence-corrected chi connectivity index (χ1v) is 14.5. The minimum Gasteiger partial charge on any atom is -0.478 e. The van der Waals surface area contributed by atoms with E-state index in [4.69, 9.17) is 23.2 Å². The monoisotopic (exact) mass is 633 g/mol. The number of amides is 3. The van der Waals surface area contributed by atoms with E-state index in [-0.39, 0.29) is 22.2 Å². The summed E-state index contributed by atoms with van der Waals surface area (Å²) in [5.74, 6) is -2.55. The van der Waals surface area contributed by atoms with Crippen molar-refractivity contribution in [2.75, 3.05) is 10.6 Å². The molecule has 4 N–H and O–H groups in total. The SMILES string of the molecule is CC(Sc1cccc(NC(=O)/C(=C/c2ccc(Cl)cc2)NC(=O)c2ccccc2)c1)C(=O)Nc1ccc(Cl)c(C(=O)O)c1. The molecule has 0 fully saturated rings. The van der Waals surface area contributed by atoms with E-state index in [1.807, 2.05) is 0 Å². The molecular weight excluding hydrogens is 609 g/mol. The summed E-state index contributed by atoms with van der Waals surface area (Å²) in [6, 6.07) is 26.5. The Balaban J connectivity index is 1.47. The summed E-state index contributed by atoms with van der Waals surface area (Å²) < 4.78 is 0. The molecule has 1 unspecified atom stereocenters. The second-order valence-electron chi connectivity index (χ2n) is 9.16. The van der Waals surface area contributed by atoms with Gasteiger partial charge in [0, 0.05) is 26.9 Å². The second kappa shape index (κ2) is 14.6. The molecule has 0 saturated heterocycles. The summed E-state index contributed by atoms with van der Waals surface area (Å²) in [6.45, 7) is 1.70. The van der Waals surface area contributed by atoms with Crippen molar-refractivity contribution < 1.29 is 24.3 Å². The van der Waals surface area contributed by atoms with Gasteiger partial charge >= 0.3 is 5.97 Å². The molecule has 1 atom stereocenters. The molecule has 0 radical (unpaired) electrons. The first-order valence-electron chi connectivity index (χ1n) is 12.8. The van der Waals surface area contributed by atoms with Gasteiger partial charge in [-0.25, -0.2) is 4.79 Å². The number of thioether (sulfide) groups is 1. The maximum atomic E-state index is 13.4. The lowest BCUT2D eigenvalue weighted by atomic mass is 10.1. The van der Waals surface area contributed by atoms with Crippen LogP contribution in [-0.4, -0.2) is 34.0 Å². The van der Waals surface area contributed by atoms with Crippen molar-refractivity contribution >= 4 is 76.1 Å². The third kappa shape index (κ3) is 8.96. The number of rotatable bonds is 10. The van der Waals surface area contributed by atoms with Crippen LogP contribution < -0.4 is 16.0 Å². The maximum Gasteiger partial charge on any atom is 0.337 e. The summed E-state index contributed by atoms with van der Waals surface area (Å²) in [6.07, 6.45) is 1.55. The van der Waals surface area contributed by atoms with Crippen LogP contribution in [0, 0.1) is 0 Å². The molecule has 0 bridgehead atoms. The van der Waals surface area contributed by atoms with Crippen LogP contribution in [0.15, 0.2) is 108 Å². The predicted molar refractivity (Wildman–Crippen MR) is 171 cm³/mol. The number of benzene rings is 4. The van der Waals surface area contributed by atoms with Crippen molar-refractivity contribution in [1.29, 1.82) is 0 Å². The van der Waals surface area contributed by atoms with Crippen LogP contribution in [0.1, 0.15) is 33.2 Å². The highest BCUT2D eigenvalue weighted by atomic mass is 35.5. The summed E-state index contributed by atoms with van der Waals surface area (Å²) in [5.41, 5.74) is 1.70. The molecule has 0 aliphatic heterocycles. The Morgan fingerprint density at radius 2 is 1.51 bits per heavy atom. The molecular formula is C32H25Cl2N3O5S. The van der Waals surface area contributed by atoms with Crippen molar-refractivity contribution in [3.05, 3.63) is 129 Å². The molecule has 4 rings (SSSR count). The zero-order valence-corrected chi connectivity index (χ0v) is 25.0. The zero-order chi connectivity index (χ0) is 30.9. The molecule has 4 aromatic carbocycles. The van der Waals surface area contributed by atoms with Crippen molar-refractivity contribution in [2.24, 2.45) is 0 Å². The smallest absolute Gasteiger partial charge is 0.337 e. The minimum atomic E-state index is -1.20. The highest BCUT2D eigenvalue weighted by molar-refractivity contribution is 8.00. The first-order chi connectivity index (χ1) is 20.6. The molecule has 0 heterocycles. The molecule has 218 valence electrons. The Labute approximate surface area is 262 Å². The molecule has 43 heavy (non-hydrogen) atoms. The molecule has 0 spiro atoms. The minimum absolute atomic E-state index is 0.0191. The molecule has 0 aliphatic carbocycles. The Morgan fingerprint density at radius 3 is 2.21 bits per heavy atom. The Morgan fingerprint density at radius 1 is 0.814 bits per heavy atom. The summed E-state index contributed by atoms with van der Waals surface area (Å²) in [7, 11) is 0. The van der Waals surface area contributed by atoms with Gasteiger partial charge in [0.25, 0.3) is 11.8 Å². The first kappa shape index (κ1) is 31.4. The van der Waals surface area contributed by atoms with Gasteiger partial charge in [0.05, 0.1) is 15.8 Å². The molecule has 8 nitrogen and oxygen atoms in total. The zero-order valence-electron chi connectivity index (χ0n) is 22.6. The number of anilines is 2. The standard InChI is InChI=1S/C32H25Cl2N3O5S/c1-19(29(38)35-24-14-15-27(34)26(18-24)32(41)42)43-25-9-5-8-23(17-25)36-31(40)28(16-20-10-12-22(33)13-11-20)37-30(39)21-6-3-2-4-7-21/h2-19H,1H3,(H,35,38)(H,36,40)(H,37,39)(H,41,42)/b28-16-. The quantitative estimate of drug-likeness (QED) is 0.108. The number of carboxylic acid groups (broad SMARTS) is 1. The van der Waals surface area contributed by atoms with E-state index in [0.29, 0.717) is 32.4 Å². The average molecular weight is 635 g/mol. The Hall–Kier alpha value is -4.57. The largest absolute Gasteiger partial charge is 0.478 e. The van der Waals surface area contributed by atoms with E-state index >= 15 is 0 Å². The van der Waals surface area contributed by atoms with E-state index in [1.54, 1.807) is 91.9 Å². The number of nitrogens with one attached hydrogen (secondary N) is 3. The lowest BCUT2D eigenvalue weighted by molar-refractivity contribution is -0.115. The third-order valence-electron chi connectivity index (χ3n) is 5.95. The van der Waals surface area contributed by atoms with Gasteiger partial charge in [0.2, 0.25) is 5.91 Å². The van der Waals surface area contributed by atoms with E-state index < -0.39 is 23.0 Å².